The number of phenolic OH excluding ortho intramolecular Hbond substituents is 1. The van der Waals surface area contributed by atoms with Crippen LogP contribution in [0.3, 0.4) is 0 Å². The van der Waals surface area contributed by atoms with E-state index in [4.69, 9.17) is 6.42 Å². The van der Waals surface area contributed by atoms with Crippen molar-refractivity contribution in [3.8, 4) is 29.2 Å². The number of hydrogen-bond donors (Lipinski definition) is 2. The first-order valence-corrected chi connectivity index (χ1v) is 7.43. The molecule has 3 nitrogen and oxygen atoms in total. The molecule has 0 atom stereocenters. The van der Waals surface area contributed by atoms with E-state index in [1.54, 1.807) is 42.5 Å². The van der Waals surface area contributed by atoms with Crippen LogP contribution >= 0.6 is 0 Å². The van der Waals surface area contributed by atoms with Gasteiger partial charge >= 0.3 is 0 Å². The van der Waals surface area contributed by atoms with Crippen LogP contribution in [0.1, 0.15) is 15.9 Å². The molecule has 3 aromatic carbocycles. The van der Waals surface area contributed by atoms with Crippen LogP contribution in [0.2, 0.25) is 0 Å². The topological polar surface area (TPSA) is 49.3 Å². The zero-order chi connectivity index (χ0) is 16.9. The molecule has 0 unspecified atom stereocenters. The van der Waals surface area contributed by atoms with Gasteiger partial charge in [-0.15, -0.1) is 6.42 Å². The third-order valence-corrected chi connectivity index (χ3v) is 3.63. The van der Waals surface area contributed by atoms with Gasteiger partial charge in [0.1, 0.15) is 5.75 Å². The Hall–Kier alpha value is -3.51. The fourth-order valence-corrected chi connectivity index (χ4v) is 2.36. The van der Waals surface area contributed by atoms with Crippen LogP contribution in [0.4, 0.5) is 5.69 Å². The number of terminal acetylenes is 1. The lowest BCUT2D eigenvalue weighted by Gasteiger charge is -2.07. The Morgan fingerprint density at radius 2 is 1.54 bits per heavy atom. The minimum Gasteiger partial charge on any atom is -0.508 e. The lowest BCUT2D eigenvalue weighted by atomic mass is 10.0. The van der Waals surface area contributed by atoms with Gasteiger partial charge in [0.2, 0.25) is 0 Å². The van der Waals surface area contributed by atoms with E-state index in [0.717, 1.165) is 16.7 Å². The monoisotopic (exact) mass is 313 g/mol. The normalized spacial score (nSPS) is 9.96. The van der Waals surface area contributed by atoms with Crippen molar-refractivity contribution in [3.63, 3.8) is 0 Å². The van der Waals surface area contributed by atoms with E-state index in [2.05, 4.69) is 11.2 Å². The summed E-state index contributed by atoms with van der Waals surface area (Å²) >= 11 is 0. The van der Waals surface area contributed by atoms with Crippen LogP contribution in [-0.2, 0) is 0 Å². The van der Waals surface area contributed by atoms with Crippen molar-refractivity contribution in [1.82, 2.24) is 0 Å². The quantitative estimate of drug-likeness (QED) is 0.709. The third kappa shape index (κ3) is 3.45. The van der Waals surface area contributed by atoms with Crippen LogP contribution in [-0.4, -0.2) is 11.0 Å². The number of nitrogens with one attached hydrogen (secondary N) is 1. The average Bonchev–Trinajstić information content (AvgIpc) is 2.62. The van der Waals surface area contributed by atoms with Crippen molar-refractivity contribution in [1.29, 1.82) is 0 Å². The van der Waals surface area contributed by atoms with E-state index < -0.39 is 0 Å². The predicted octanol–water partition coefficient (Wildman–Crippen LogP) is 4.29. The van der Waals surface area contributed by atoms with E-state index in [9.17, 15) is 9.90 Å². The Bertz CT molecular complexity index is 904. The first-order valence-electron chi connectivity index (χ1n) is 7.43. The highest BCUT2D eigenvalue weighted by molar-refractivity contribution is 6.04. The van der Waals surface area contributed by atoms with Gasteiger partial charge in [0.05, 0.1) is 0 Å². The van der Waals surface area contributed by atoms with Crippen molar-refractivity contribution in [2.45, 2.75) is 0 Å². The van der Waals surface area contributed by atoms with Gasteiger partial charge in [0.15, 0.2) is 0 Å². The highest BCUT2D eigenvalue weighted by Crippen LogP contribution is 2.22. The van der Waals surface area contributed by atoms with Crippen molar-refractivity contribution >= 4 is 11.6 Å². The minimum absolute atomic E-state index is 0.193. The van der Waals surface area contributed by atoms with Gasteiger partial charge in [-0.05, 0) is 53.6 Å². The predicted molar refractivity (Wildman–Crippen MR) is 95.9 cm³/mol. The highest BCUT2D eigenvalue weighted by Gasteiger charge is 2.07. The summed E-state index contributed by atoms with van der Waals surface area (Å²) in [7, 11) is 0. The number of anilines is 1. The molecular weight excluding hydrogens is 298 g/mol. The lowest BCUT2D eigenvalue weighted by Crippen LogP contribution is -2.11. The molecule has 0 heterocycles. The number of carbonyl (C=O) groups is 1. The summed E-state index contributed by atoms with van der Waals surface area (Å²) in [6.45, 7) is 0. The van der Waals surface area contributed by atoms with Gasteiger partial charge in [-0.1, -0.05) is 36.3 Å². The average molecular weight is 313 g/mol. The Morgan fingerprint density at radius 1 is 0.917 bits per heavy atom. The van der Waals surface area contributed by atoms with Crippen LogP contribution in [0.5, 0.6) is 5.75 Å². The Balaban J connectivity index is 1.76. The van der Waals surface area contributed by atoms with Gasteiger partial charge < -0.3 is 10.4 Å². The van der Waals surface area contributed by atoms with Gasteiger partial charge in [-0.2, -0.15) is 0 Å². The summed E-state index contributed by atoms with van der Waals surface area (Å²) in [5.74, 6) is 2.57. The van der Waals surface area contributed by atoms with Crippen LogP contribution in [0.15, 0.2) is 72.8 Å². The maximum atomic E-state index is 12.3. The van der Waals surface area contributed by atoms with Gasteiger partial charge in [-0.3, -0.25) is 4.79 Å². The third-order valence-electron chi connectivity index (χ3n) is 3.63. The fraction of sp³-hybridized carbons (Fsp3) is 0. The van der Waals surface area contributed by atoms with Crippen molar-refractivity contribution < 1.29 is 9.90 Å². The number of hydrogen-bond acceptors (Lipinski definition) is 2. The van der Waals surface area contributed by atoms with Crippen LogP contribution < -0.4 is 5.32 Å². The number of rotatable bonds is 3. The maximum Gasteiger partial charge on any atom is 0.255 e. The van der Waals surface area contributed by atoms with Crippen molar-refractivity contribution in [2.24, 2.45) is 0 Å². The zero-order valence-corrected chi connectivity index (χ0v) is 12.9. The first-order chi connectivity index (χ1) is 11.7. The molecule has 0 radical (unpaired) electrons. The molecule has 0 saturated heterocycles. The number of phenols is 1. The second kappa shape index (κ2) is 6.72. The number of amides is 1. The first kappa shape index (κ1) is 15.4. The van der Waals surface area contributed by atoms with Crippen LogP contribution in [0.25, 0.3) is 11.1 Å². The van der Waals surface area contributed by atoms with E-state index in [1.807, 2.05) is 30.3 Å². The molecular formula is C21H15NO2. The summed E-state index contributed by atoms with van der Waals surface area (Å²) < 4.78 is 0. The van der Waals surface area contributed by atoms with Gasteiger partial charge in [0, 0.05) is 16.8 Å². The maximum absolute atomic E-state index is 12.3. The molecule has 0 aliphatic carbocycles. The van der Waals surface area contributed by atoms with Gasteiger partial charge in [-0.25, -0.2) is 0 Å². The van der Waals surface area contributed by atoms with E-state index in [1.165, 1.54) is 0 Å². The molecule has 116 valence electrons. The SMILES string of the molecule is C#Cc1cccc(NC(=O)c2ccc(-c3ccc(O)cc3)cc2)c1. The summed E-state index contributed by atoms with van der Waals surface area (Å²) in [6.07, 6.45) is 5.36. The van der Waals surface area contributed by atoms with E-state index >= 15 is 0 Å². The second-order valence-electron chi connectivity index (χ2n) is 5.30. The summed E-state index contributed by atoms with van der Waals surface area (Å²) in [5, 5.41) is 12.2. The molecule has 2 N–H and O–H groups in total. The Labute approximate surface area is 140 Å². The number of carbonyl (C=O) groups excluding carboxylic acids is 1. The molecule has 3 rings (SSSR count). The summed E-state index contributed by atoms with van der Waals surface area (Å²) in [5.41, 5.74) is 3.89. The standard InChI is InChI=1S/C21H15NO2/c1-2-15-4-3-5-19(14-15)22-21(24)18-8-6-16(7-9-18)17-10-12-20(23)13-11-17/h1,3-14,23H,(H,22,24). The Kier molecular flexibility index (Phi) is 4.31. The van der Waals surface area contributed by atoms with E-state index in [0.29, 0.717) is 11.3 Å². The lowest BCUT2D eigenvalue weighted by molar-refractivity contribution is 0.102. The van der Waals surface area contributed by atoms with E-state index in [-0.39, 0.29) is 11.7 Å². The smallest absolute Gasteiger partial charge is 0.255 e. The highest BCUT2D eigenvalue weighted by atomic mass is 16.3. The summed E-state index contributed by atoms with van der Waals surface area (Å²) in [6, 6.07) is 21.4. The molecule has 24 heavy (non-hydrogen) atoms. The molecule has 0 fully saturated rings. The zero-order valence-electron chi connectivity index (χ0n) is 12.9. The fourth-order valence-electron chi connectivity index (χ4n) is 2.36. The molecule has 0 saturated carbocycles. The molecule has 0 bridgehead atoms. The minimum atomic E-state index is -0.193. The number of aromatic hydroxyl groups is 1. The molecule has 0 aliphatic heterocycles. The number of benzene rings is 3. The molecule has 0 aromatic heterocycles. The van der Waals surface area contributed by atoms with Crippen LogP contribution in [0, 0.1) is 12.3 Å². The van der Waals surface area contributed by atoms with Crippen molar-refractivity contribution in [3.05, 3.63) is 83.9 Å². The van der Waals surface area contributed by atoms with Gasteiger partial charge in [0.25, 0.3) is 5.91 Å². The summed E-state index contributed by atoms with van der Waals surface area (Å²) in [4.78, 5) is 12.3. The molecule has 3 aromatic rings. The second-order valence-corrected chi connectivity index (χ2v) is 5.30. The van der Waals surface area contributed by atoms with Crippen molar-refractivity contribution in [2.75, 3.05) is 5.32 Å². The Morgan fingerprint density at radius 3 is 2.17 bits per heavy atom. The molecule has 1 amide bonds. The molecule has 3 heteroatoms. The molecule has 0 aliphatic rings. The molecule has 0 spiro atoms. The largest absolute Gasteiger partial charge is 0.508 e.